The number of likely N-dealkylation sites (N-methyl/N-ethyl adjacent to an activating group) is 1. The number of carbonyl (C=O) groups is 1. The lowest BCUT2D eigenvalue weighted by atomic mass is 10.1. The third-order valence-electron chi connectivity index (χ3n) is 6.67. The number of hydrogen-bond donors (Lipinski definition) is 3. The van der Waals surface area contributed by atoms with Crippen molar-refractivity contribution in [3.05, 3.63) is 24.3 Å². The molecule has 40 heavy (non-hydrogen) atoms. The minimum atomic E-state index is -4.31. The highest BCUT2D eigenvalue weighted by Crippen LogP contribution is 2.43. The van der Waals surface area contributed by atoms with Gasteiger partial charge in [0.05, 0.1) is 39.9 Å². The van der Waals surface area contributed by atoms with Gasteiger partial charge in [-0.25, -0.2) is 4.57 Å². The number of carbonyl (C=O) groups excluding carboxylic acids is 1. The monoisotopic (exact) mass is 589 g/mol. The largest absolute Gasteiger partial charge is 0.472 e. The molecule has 3 atom stereocenters. The molecule has 0 aliphatic heterocycles. The van der Waals surface area contributed by atoms with E-state index in [2.05, 4.69) is 31.3 Å². The molecule has 0 aromatic rings. The second-order valence-electron chi connectivity index (χ2n) is 11.8. The van der Waals surface area contributed by atoms with Gasteiger partial charge in [0.25, 0.3) is 0 Å². The Balaban J connectivity index is 4.58. The molecular weight excluding hydrogens is 527 g/mol. The number of aliphatic hydroxyl groups is 1. The minimum Gasteiger partial charge on any atom is -0.387 e. The normalized spacial score (nSPS) is 15.5. The van der Waals surface area contributed by atoms with Gasteiger partial charge >= 0.3 is 7.82 Å². The van der Waals surface area contributed by atoms with Gasteiger partial charge in [-0.3, -0.25) is 13.8 Å². The molecule has 0 radical (unpaired) electrons. The quantitative estimate of drug-likeness (QED) is 0.0410. The first-order valence-electron chi connectivity index (χ1n) is 15.7. The summed E-state index contributed by atoms with van der Waals surface area (Å²) in [5, 5.41) is 13.5. The van der Waals surface area contributed by atoms with Gasteiger partial charge in [0.2, 0.25) is 5.91 Å². The van der Waals surface area contributed by atoms with Crippen molar-refractivity contribution in [2.24, 2.45) is 0 Å². The van der Waals surface area contributed by atoms with Gasteiger partial charge < -0.3 is 19.8 Å². The highest BCUT2D eigenvalue weighted by molar-refractivity contribution is 7.47. The summed E-state index contributed by atoms with van der Waals surface area (Å²) < 4.78 is 23.2. The number of rotatable bonds is 27. The van der Waals surface area contributed by atoms with Crippen molar-refractivity contribution < 1.29 is 32.9 Å². The van der Waals surface area contributed by atoms with Crippen LogP contribution in [0.1, 0.15) is 117 Å². The molecule has 1 amide bonds. The molecule has 0 saturated heterocycles. The number of phosphoric acid groups is 1. The van der Waals surface area contributed by atoms with E-state index >= 15 is 0 Å². The topological polar surface area (TPSA) is 105 Å². The molecule has 0 aromatic carbocycles. The zero-order chi connectivity index (χ0) is 30.1. The summed E-state index contributed by atoms with van der Waals surface area (Å²) in [6.07, 6.45) is 24.1. The van der Waals surface area contributed by atoms with Crippen molar-refractivity contribution in [1.82, 2.24) is 5.32 Å². The summed E-state index contributed by atoms with van der Waals surface area (Å²) in [6.45, 7) is 4.65. The Bertz CT molecular complexity index is 723. The van der Waals surface area contributed by atoms with Crippen molar-refractivity contribution in [2.45, 2.75) is 129 Å². The second-order valence-corrected chi connectivity index (χ2v) is 13.3. The molecule has 0 bridgehead atoms. The molecule has 236 valence electrons. The maximum atomic E-state index is 12.6. The lowest BCUT2D eigenvalue weighted by Crippen LogP contribution is -2.45. The van der Waals surface area contributed by atoms with Crippen molar-refractivity contribution in [3.63, 3.8) is 0 Å². The number of hydrogen-bond acceptors (Lipinski definition) is 5. The Morgan fingerprint density at radius 1 is 0.825 bits per heavy atom. The summed E-state index contributed by atoms with van der Waals surface area (Å²) in [5.41, 5.74) is 0. The lowest BCUT2D eigenvalue weighted by Gasteiger charge is -2.25. The number of aliphatic hydroxyl groups excluding tert-OH is 1. The number of nitrogens with one attached hydrogen (secondary N) is 1. The van der Waals surface area contributed by atoms with Crippen molar-refractivity contribution in [1.29, 1.82) is 0 Å². The van der Waals surface area contributed by atoms with Crippen LogP contribution in [-0.2, 0) is 18.4 Å². The Hall–Kier alpha value is -1.02. The van der Waals surface area contributed by atoms with Gasteiger partial charge in [-0.15, -0.1) is 0 Å². The zero-order valence-electron chi connectivity index (χ0n) is 26.3. The van der Waals surface area contributed by atoms with Gasteiger partial charge in [-0.05, 0) is 44.9 Å². The fourth-order valence-corrected chi connectivity index (χ4v) is 4.77. The third-order valence-corrected chi connectivity index (χ3v) is 7.65. The van der Waals surface area contributed by atoms with Crippen LogP contribution in [0, 0.1) is 0 Å². The molecule has 9 heteroatoms. The fraction of sp³-hybridized carbons (Fsp3) is 0.839. The lowest BCUT2D eigenvalue weighted by molar-refractivity contribution is -0.870. The number of unbranched alkanes of at least 4 members (excludes halogenated alkanes) is 12. The average Bonchev–Trinajstić information content (AvgIpc) is 2.88. The van der Waals surface area contributed by atoms with Crippen LogP contribution in [0.15, 0.2) is 24.3 Å². The summed E-state index contributed by atoms with van der Waals surface area (Å²) in [7, 11) is 1.55. The van der Waals surface area contributed by atoms with Crippen LogP contribution in [0.25, 0.3) is 0 Å². The molecule has 3 N–H and O–H groups in total. The van der Waals surface area contributed by atoms with E-state index in [0.717, 1.165) is 57.8 Å². The smallest absolute Gasteiger partial charge is 0.387 e. The second kappa shape index (κ2) is 24.6. The molecule has 0 heterocycles. The third kappa shape index (κ3) is 25.9. The number of allylic oxidation sites excluding steroid dienone is 3. The summed E-state index contributed by atoms with van der Waals surface area (Å²) in [6, 6.07) is -0.842. The van der Waals surface area contributed by atoms with Crippen LogP contribution in [0.4, 0.5) is 0 Å². The Kier molecular flexibility index (Phi) is 23.9. The van der Waals surface area contributed by atoms with Gasteiger partial charge in [0.15, 0.2) is 0 Å². The number of quaternary nitrogens is 1. The molecule has 0 aliphatic carbocycles. The summed E-state index contributed by atoms with van der Waals surface area (Å²) >= 11 is 0. The van der Waals surface area contributed by atoms with Gasteiger partial charge in [-0.1, -0.05) is 89.5 Å². The van der Waals surface area contributed by atoms with Crippen LogP contribution >= 0.6 is 7.82 Å². The van der Waals surface area contributed by atoms with E-state index in [0.29, 0.717) is 17.4 Å². The molecule has 0 aromatic heterocycles. The first-order valence-corrected chi connectivity index (χ1v) is 17.2. The molecule has 0 rings (SSSR count). The van der Waals surface area contributed by atoms with E-state index in [1.807, 2.05) is 27.2 Å². The van der Waals surface area contributed by atoms with Gasteiger partial charge in [0.1, 0.15) is 13.2 Å². The SMILES string of the molecule is CCCCC/C=C\CCCCCCCC(=O)NC(COP(=O)(O)OCC[N+](C)(C)C)C(O)/C=C/CCCCCC. The Labute approximate surface area is 245 Å². The number of nitrogens with zero attached hydrogens (tertiary/aromatic N) is 1. The predicted molar refractivity (Wildman–Crippen MR) is 166 cm³/mol. The molecule has 0 spiro atoms. The van der Waals surface area contributed by atoms with Crippen LogP contribution in [0.2, 0.25) is 0 Å². The van der Waals surface area contributed by atoms with Crippen LogP contribution < -0.4 is 5.32 Å². The van der Waals surface area contributed by atoms with E-state index in [-0.39, 0.29) is 19.1 Å². The zero-order valence-corrected chi connectivity index (χ0v) is 27.2. The number of amides is 1. The molecule has 3 unspecified atom stereocenters. The Morgan fingerprint density at radius 3 is 1.98 bits per heavy atom. The van der Waals surface area contributed by atoms with Gasteiger partial charge in [0, 0.05) is 6.42 Å². The minimum absolute atomic E-state index is 0.0593. The number of phosphoric ester groups is 1. The predicted octanol–water partition coefficient (Wildman–Crippen LogP) is 7.07. The van der Waals surface area contributed by atoms with Crippen molar-refractivity contribution in [2.75, 3.05) is 40.9 Å². The summed E-state index contributed by atoms with van der Waals surface area (Å²) in [5.74, 6) is -0.197. The van der Waals surface area contributed by atoms with E-state index in [1.54, 1.807) is 6.08 Å². The van der Waals surface area contributed by atoms with E-state index < -0.39 is 20.0 Å². The highest BCUT2D eigenvalue weighted by Gasteiger charge is 2.27. The van der Waals surface area contributed by atoms with E-state index in [9.17, 15) is 19.4 Å². The Morgan fingerprint density at radius 2 is 1.35 bits per heavy atom. The van der Waals surface area contributed by atoms with Crippen molar-refractivity contribution in [3.8, 4) is 0 Å². The summed E-state index contributed by atoms with van der Waals surface area (Å²) in [4.78, 5) is 22.7. The first-order chi connectivity index (χ1) is 19.0. The van der Waals surface area contributed by atoms with E-state index in [1.165, 1.54) is 38.5 Å². The van der Waals surface area contributed by atoms with Crippen LogP contribution in [0.5, 0.6) is 0 Å². The maximum absolute atomic E-state index is 12.6. The average molecular weight is 590 g/mol. The molecule has 0 aliphatic rings. The van der Waals surface area contributed by atoms with Crippen LogP contribution in [-0.4, -0.2) is 73.4 Å². The molecule has 0 fully saturated rings. The highest BCUT2D eigenvalue weighted by atomic mass is 31.2. The standard InChI is InChI=1S/C31H61N2O6P/c1-6-8-10-12-14-15-16-17-18-19-21-23-25-31(35)32-29(30(34)24-22-20-13-11-9-7-2)28-39-40(36,37)38-27-26-33(3,4)5/h14-15,22,24,29-30,34H,6-13,16-21,23,25-28H2,1-5H3,(H-,32,35,36,37)/p+1/b15-14-,24-22+. The molecular formula is C31H62N2O6P+. The fourth-order valence-electron chi connectivity index (χ4n) is 4.03. The molecule has 0 saturated carbocycles. The van der Waals surface area contributed by atoms with Crippen molar-refractivity contribution >= 4 is 13.7 Å². The van der Waals surface area contributed by atoms with Gasteiger partial charge in [-0.2, -0.15) is 0 Å². The molecule has 8 nitrogen and oxygen atoms in total. The van der Waals surface area contributed by atoms with E-state index in [4.69, 9.17) is 9.05 Å². The van der Waals surface area contributed by atoms with Crippen LogP contribution in [0.3, 0.4) is 0 Å². The first kappa shape index (κ1) is 39.0. The maximum Gasteiger partial charge on any atom is 0.472 e.